The van der Waals surface area contributed by atoms with E-state index in [1.54, 1.807) is 0 Å². The Morgan fingerprint density at radius 1 is 1.60 bits per heavy atom. The number of carbonyl (C=O) groups excluding carboxylic acids is 1. The van der Waals surface area contributed by atoms with Crippen molar-refractivity contribution in [3.8, 4) is 0 Å². The van der Waals surface area contributed by atoms with Gasteiger partial charge in [0.15, 0.2) is 0 Å². The molecule has 0 radical (unpaired) electrons. The van der Waals surface area contributed by atoms with Gasteiger partial charge in [-0.25, -0.2) is 0 Å². The first kappa shape index (κ1) is 8.74. The SMILES string of the molecule is CC(CC(=O)N=O)C(=O)O. The van der Waals surface area contributed by atoms with Crippen LogP contribution in [0.5, 0.6) is 0 Å². The molecule has 10 heavy (non-hydrogen) atoms. The second-order valence-corrected chi connectivity index (χ2v) is 1.93. The Morgan fingerprint density at radius 3 is 2.40 bits per heavy atom. The fraction of sp³-hybridized carbons (Fsp3) is 0.600. The van der Waals surface area contributed by atoms with Crippen LogP contribution >= 0.6 is 0 Å². The van der Waals surface area contributed by atoms with Crippen LogP contribution in [-0.2, 0) is 9.59 Å². The van der Waals surface area contributed by atoms with E-state index in [1.165, 1.54) is 6.92 Å². The van der Waals surface area contributed by atoms with Crippen molar-refractivity contribution in [2.24, 2.45) is 11.1 Å². The molecule has 0 aliphatic rings. The molecular weight excluding hydrogens is 138 g/mol. The zero-order chi connectivity index (χ0) is 8.15. The van der Waals surface area contributed by atoms with Crippen molar-refractivity contribution in [3.63, 3.8) is 0 Å². The Labute approximate surface area is 57.0 Å². The molecule has 0 spiro atoms. The van der Waals surface area contributed by atoms with Crippen LogP contribution in [0.1, 0.15) is 13.3 Å². The summed E-state index contributed by atoms with van der Waals surface area (Å²) in [7, 11) is 0. The molecule has 5 nitrogen and oxygen atoms in total. The first-order chi connectivity index (χ1) is 4.57. The lowest BCUT2D eigenvalue weighted by molar-refractivity contribution is -0.142. The number of hydrogen-bond donors (Lipinski definition) is 1. The number of carbonyl (C=O) groups is 2. The fourth-order valence-corrected chi connectivity index (χ4v) is 0.387. The summed E-state index contributed by atoms with van der Waals surface area (Å²) in [6.45, 7) is 1.34. The van der Waals surface area contributed by atoms with Crippen molar-refractivity contribution in [1.82, 2.24) is 0 Å². The summed E-state index contributed by atoms with van der Waals surface area (Å²) in [6.07, 6.45) is -0.321. The number of rotatable bonds is 3. The first-order valence-corrected chi connectivity index (χ1v) is 2.67. The summed E-state index contributed by atoms with van der Waals surface area (Å²) in [5.41, 5.74) is 0. The number of nitrogens with zero attached hydrogens (tertiary/aromatic N) is 1. The third-order valence-corrected chi connectivity index (χ3v) is 1.00. The number of carboxylic acid groups (broad SMARTS) is 1. The van der Waals surface area contributed by atoms with Gasteiger partial charge in [-0.3, -0.25) is 9.59 Å². The monoisotopic (exact) mass is 145 g/mol. The third kappa shape index (κ3) is 2.91. The van der Waals surface area contributed by atoms with Crippen molar-refractivity contribution >= 4 is 11.9 Å². The van der Waals surface area contributed by atoms with Crippen LogP contribution in [0.4, 0.5) is 0 Å². The van der Waals surface area contributed by atoms with Gasteiger partial charge >= 0.3 is 5.97 Å². The summed E-state index contributed by atoms with van der Waals surface area (Å²) in [5, 5.41) is 10.3. The van der Waals surface area contributed by atoms with Crippen molar-refractivity contribution in [2.75, 3.05) is 0 Å². The van der Waals surface area contributed by atoms with Crippen molar-refractivity contribution in [2.45, 2.75) is 13.3 Å². The van der Waals surface area contributed by atoms with E-state index in [0.717, 1.165) is 0 Å². The average Bonchev–Trinajstić information content (AvgIpc) is 1.87. The summed E-state index contributed by atoms with van der Waals surface area (Å²) in [4.78, 5) is 29.7. The lowest BCUT2D eigenvalue weighted by Gasteiger charge is -1.98. The van der Waals surface area contributed by atoms with Crippen LogP contribution in [-0.4, -0.2) is 17.0 Å². The Kier molecular flexibility index (Phi) is 3.24. The fourth-order valence-electron chi connectivity index (χ4n) is 0.387. The van der Waals surface area contributed by atoms with Crippen LogP contribution in [0, 0.1) is 10.8 Å². The normalized spacial score (nSPS) is 12.1. The molecule has 1 atom stereocenters. The van der Waals surface area contributed by atoms with E-state index in [0.29, 0.717) is 0 Å². The molecule has 1 unspecified atom stereocenters. The lowest BCUT2D eigenvalue weighted by atomic mass is 10.1. The zero-order valence-electron chi connectivity index (χ0n) is 5.40. The first-order valence-electron chi connectivity index (χ1n) is 2.67. The van der Waals surface area contributed by atoms with E-state index in [9.17, 15) is 14.5 Å². The molecule has 0 aliphatic carbocycles. The molecule has 0 fully saturated rings. The number of aliphatic carboxylic acids is 1. The highest BCUT2D eigenvalue weighted by Crippen LogP contribution is 2.02. The van der Waals surface area contributed by atoms with Crippen molar-refractivity contribution in [1.29, 1.82) is 0 Å². The van der Waals surface area contributed by atoms with E-state index in [1.807, 2.05) is 0 Å². The largest absolute Gasteiger partial charge is 0.481 e. The molecule has 0 bridgehead atoms. The highest BCUT2D eigenvalue weighted by molar-refractivity contribution is 5.82. The van der Waals surface area contributed by atoms with Gasteiger partial charge in [-0.05, 0) is 0 Å². The van der Waals surface area contributed by atoms with E-state index >= 15 is 0 Å². The van der Waals surface area contributed by atoms with Gasteiger partial charge in [0.1, 0.15) is 0 Å². The van der Waals surface area contributed by atoms with E-state index in [-0.39, 0.29) is 6.42 Å². The molecule has 0 rings (SSSR count). The van der Waals surface area contributed by atoms with E-state index < -0.39 is 17.8 Å². The topological polar surface area (TPSA) is 83.8 Å². The van der Waals surface area contributed by atoms with Gasteiger partial charge in [0.05, 0.1) is 5.92 Å². The maximum atomic E-state index is 10.2. The van der Waals surface area contributed by atoms with Crippen LogP contribution in [0.25, 0.3) is 0 Å². The zero-order valence-corrected chi connectivity index (χ0v) is 5.40. The molecule has 0 aromatic heterocycles. The lowest BCUT2D eigenvalue weighted by Crippen LogP contribution is -2.12. The minimum Gasteiger partial charge on any atom is -0.481 e. The Morgan fingerprint density at radius 2 is 2.10 bits per heavy atom. The highest BCUT2D eigenvalue weighted by atomic mass is 16.4. The predicted octanol–water partition coefficient (Wildman–Crippen LogP) is 0.390. The average molecular weight is 145 g/mol. The summed E-state index contributed by atoms with van der Waals surface area (Å²) in [6, 6.07) is 0. The van der Waals surface area contributed by atoms with Gasteiger partial charge in [-0.1, -0.05) is 6.92 Å². The van der Waals surface area contributed by atoms with Crippen LogP contribution < -0.4 is 0 Å². The second kappa shape index (κ2) is 3.71. The van der Waals surface area contributed by atoms with Crippen LogP contribution in [0.2, 0.25) is 0 Å². The smallest absolute Gasteiger partial charge is 0.306 e. The second-order valence-electron chi connectivity index (χ2n) is 1.93. The Bertz CT molecular complexity index is 165. The Balaban J connectivity index is 3.79. The minimum atomic E-state index is -1.10. The quantitative estimate of drug-likeness (QED) is 0.582. The molecule has 0 heterocycles. The molecule has 56 valence electrons. The van der Waals surface area contributed by atoms with Gasteiger partial charge in [0, 0.05) is 11.6 Å². The number of hydrogen-bond acceptors (Lipinski definition) is 3. The summed E-state index contributed by atoms with van der Waals surface area (Å²) < 4.78 is 0. The molecule has 0 saturated carbocycles. The van der Waals surface area contributed by atoms with Gasteiger partial charge in [-0.15, -0.1) is 4.91 Å². The van der Waals surface area contributed by atoms with Gasteiger partial charge < -0.3 is 5.11 Å². The number of amides is 1. The van der Waals surface area contributed by atoms with E-state index in [4.69, 9.17) is 5.11 Å². The molecule has 0 aromatic carbocycles. The summed E-state index contributed by atoms with van der Waals surface area (Å²) >= 11 is 0. The molecule has 5 heteroatoms. The van der Waals surface area contributed by atoms with Gasteiger partial charge in [-0.2, -0.15) is 0 Å². The predicted molar refractivity (Wildman–Crippen MR) is 32.2 cm³/mol. The van der Waals surface area contributed by atoms with Gasteiger partial charge in [0.25, 0.3) is 5.91 Å². The maximum absolute atomic E-state index is 10.2. The van der Waals surface area contributed by atoms with Crippen LogP contribution in [0.15, 0.2) is 5.18 Å². The van der Waals surface area contributed by atoms with E-state index in [2.05, 4.69) is 5.18 Å². The number of nitroso groups, excluding NO2 is 1. The maximum Gasteiger partial charge on any atom is 0.306 e. The highest BCUT2D eigenvalue weighted by Gasteiger charge is 2.15. The van der Waals surface area contributed by atoms with Crippen LogP contribution in [0.3, 0.4) is 0 Å². The molecular formula is C5H7NO4. The third-order valence-electron chi connectivity index (χ3n) is 1.00. The number of carboxylic acids is 1. The van der Waals surface area contributed by atoms with Gasteiger partial charge in [0.2, 0.25) is 0 Å². The molecule has 0 saturated heterocycles. The molecule has 1 N–H and O–H groups in total. The minimum absolute atomic E-state index is 0.321. The molecule has 1 amide bonds. The molecule has 0 aliphatic heterocycles. The summed E-state index contributed by atoms with van der Waals surface area (Å²) in [5.74, 6) is -2.85. The standard InChI is InChI=1S/C5H7NO4/c1-3(5(8)9)2-4(7)6-10/h3H,2H2,1H3,(H,8,9). The van der Waals surface area contributed by atoms with Crippen molar-refractivity contribution in [3.05, 3.63) is 4.91 Å². The Hall–Kier alpha value is -1.26. The van der Waals surface area contributed by atoms with Crippen molar-refractivity contribution < 1.29 is 14.7 Å². The molecule has 0 aromatic rings.